The van der Waals surface area contributed by atoms with Crippen LogP contribution in [0.15, 0.2) is 29.6 Å². The Balaban J connectivity index is 1.54. The Morgan fingerprint density at radius 3 is 2.66 bits per heavy atom. The summed E-state index contributed by atoms with van der Waals surface area (Å²) in [4.78, 5) is 30.8. The lowest BCUT2D eigenvalue weighted by Gasteiger charge is -2.34. The van der Waals surface area contributed by atoms with Gasteiger partial charge < -0.3 is 24.3 Å². The molecule has 8 nitrogen and oxygen atoms in total. The molecule has 4 heterocycles. The maximum atomic E-state index is 14.6. The molecule has 2 fully saturated rings. The Kier molecular flexibility index (Phi) is 7.62. The van der Waals surface area contributed by atoms with Crippen molar-refractivity contribution in [3.05, 3.63) is 46.5 Å². The quantitative estimate of drug-likeness (QED) is 0.414. The van der Waals surface area contributed by atoms with Crippen LogP contribution in [0.2, 0.25) is 0 Å². The van der Waals surface area contributed by atoms with E-state index in [-0.39, 0.29) is 23.7 Å². The standard InChI is InChI=1S/C32H36N4O4S/c1-19(2)40-26-16-22-21(15-25(26)39-3)10-13-36-29(22)28(27-9-5-14-41-27)23(17-33)30(36)32(38)35-12-6-11-34-18-24(35)31(37)20-7-4-8-20/h5,9,14-16,19-20,24,34H,4,6-8,10-13,18H2,1-3H3. The predicted molar refractivity (Wildman–Crippen MR) is 159 cm³/mol. The van der Waals surface area contributed by atoms with E-state index in [1.807, 2.05) is 48.1 Å². The first-order chi connectivity index (χ1) is 19.9. The average molecular weight is 573 g/mol. The molecule has 3 aromatic rings. The van der Waals surface area contributed by atoms with Crippen molar-refractivity contribution in [1.29, 1.82) is 5.26 Å². The molecule has 1 saturated carbocycles. The molecule has 0 spiro atoms. The minimum absolute atomic E-state index is 0.0229. The van der Waals surface area contributed by atoms with E-state index in [4.69, 9.17) is 9.47 Å². The Hall–Kier alpha value is -3.61. The number of carbonyl (C=O) groups excluding carboxylic acids is 2. The van der Waals surface area contributed by atoms with Crippen molar-refractivity contribution in [2.75, 3.05) is 26.7 Å². The Morgan fingerprint density at radius 2 is 2.00 bits per heavy atom. The summed E-state index contributed by atoms with van der Waals surface area (Å²) in [6.45, 7) is 6.18. The number of methoxy groups -OCH3 is 1. The van der Waals surface area contributed by atoms with Crippen molar-refractivity contribution in [3.8, 4) is 39.3 Å². The second-order valence-corrected chi connectivity index (χ2v) is 12.3. The lowest BCUT2D eigenvalue weighted by atomic mass is 9.79. The monoisotopic (exact) mass is 572 g/mol. The number of nitrogens with one attached hydrogen (secondary N) is 1. The summed E-state index contributed by atoms with van der Waals surface area (Å²) in [6, 6.07) is 9.86. The van der Waals surface area contributed by atoms with Gasteiger partial charge in [-0.15, -0.1) is 11.3 Å². The summed E-state index contributed by atoms with van der Waals surface area (Å²) in [7, 11) is 1.64. The number of aryl methyl sites for hydroxylation is 1. The van der Waals surface area contributed by atoms with Crippen LogP contribution < -0.4 is 14.8 Å². The van der Waals surface area contributed by atoms with Gasteiger partial charge in [-0.05, 0) is 75.2 Å². The van der Waals surface area contributed by atoms with Crippen LogP contribution in [-0.4, -0.2) is 60.0 Å². The molecular weight excluding hydrogens is 536 g/mol. The number of amides is 1. The number of hydrogen-bond donors (Lipinski definition) is 1. The molecule has 1 aromatic carbocycles. The molecule has 6 rings (SSSR count). The van der Waals surface area contributed by atoms with Crippen LogP contribution in [0.4, 0.5) is 0 Å². The van der Waals surface area contributed by atoms with Crippen molar-refractivity contribution >= 4 is 23.0 Å². The van der Waals surface area contributed by atoms with Gasteiger partial charge in [0.1, 0.15) is 17.8 Å². The molecule has 0 radical (unpaired) electrons. The van der Waals surface area contributed by atoms with E-state index in [1.165, 1.54) is 0 Å². The lowest BCUT2D eigenvalue weighted by Crippen LogP contribution is -2.51. The van der Waals surface area contributed by atoms with Crippen LogP contribution in [0.5, 0.6) is 11.5 Å². The minimum Gasteiger partial charge on any atom is -0.493 e. The molecule has 214 valence electrons. The van der Waals surface area contributed by atoms with Crippen molar-refractivity contribution < 1.29 is 19.1 Å². The number of hydrogen-bond acceptors (Lipinski definition) is 7. The van der Waals surface area contributed by atoms with Crippen molar-refractivity contribution in [2.45, 2.75) is 64.6 Å². The molecule has 1 amide bonds. The number of thiophene rings is 1. The number of carbonyl (C=O) groups is 2. The summed E-state index contributed by atoms with van der Waals surface area (Å²) < 4.78 is 13.8. The smallest absolute Gasteiger partial charge is 0.272 e. The summed E-state index contributed by atoms with van der Waals surface area (Å²) in [5.41, 5.74) is 4.39. The van der Waals surface area contributed by atoms with Gasteiger partial charge in [0.25, 0.3) is 5.91 Å². The maximum absolute atomic E-state index is 14.6. The molecule has 0 bridgehead atoms. The fourth-order valence-electron chi connectivity index (χ4n) is 6.36. The number of nitrogens with zero attached hydrogens (tertiary/aromatic N) is 3. The second-order valence-electron chi connectivity index (χ2n) is 11.4. The molecule has 1 unspecified atom stereocenters. The van der Waals surface area contributed by atoms with E-state index < -0.39 is 6.04 Å². The molecule has 41 heavy (non-hydrogen) atoms. The first-order valence-electron chi connectivity index (χ1n) is 14.6. The van der Waals surface area contributed by atoms with Gasteiger partial charge in [-0.2, -0.15) is 5.26 Å². The van der Waals surface area contributed by atoms with E-state index >= 15 is 0 Å². The number of nitriles is 1. The van der Waals surface area contributed by atoms with Crippen LogP contribution in [0.25, 0.3) is 21.7 Å². The SMILES string of the molecule is COc1cc2c(cc1OC(C)C)-c1c(-c3cccs3)c(C#N)c(C(=O)N3CCCNCC3C(=O)C3CCC3)n1CC2. The zero-order valence-corrected chi connectivity index (χ0v) is 24.7. The van der Waals surface area contributed by atoms with Gasteiger partial charge in [0.15, 0.2) is 17.3 Å². The third-order valence-electron chi connectivity index (χ3n) is 8.52. The van der Waals surface area contributed by atoms with Gasteiger partial charge in [-0.1, -0.05) is 12.5 Å². The highest BCUT2D eigenvalue weighted by Gasteiger charge is 2.41. The highest BCUT2D eigenvalue weighted by atomic mass is 32.1. The first kappa shape index (κ1) is 27.6. The molecule has 1 N–H and O–H groups in total. The van der Waals surface area contributed by atoms with Gasteiger partial charge in [0, 0.05) is 41.6 Å². The molecule has 1 saturated heterocycles. The van der Waals surface area contributed by atoms with Gasteiger partial charge >= 0.3 is 0 Å². The maximum Gasteiger partial charge on any atom is 0.272 e. The summed E-state index contributed by atoms with van der Waals surface area (Å²) in [5.74, 6) is 1.23. The van der Waals surface area contributed by atoms with Gasteiger partial charge in [-0.3, -0.25) is 9.59 Å². The van der Waals surface area contributed by atoms with Crippen LogP contribution in [-0.2, 0) is 17.8 Å². The van der Waals surface area contributed by atoms with Crippen molar-refractivity contribution in [3.63, 3.8) is 0 Å². The summed E-state index contributed by atoms with van der Waals surface area (Å²) in [5, 5.41) is 16.0. The number of fused-ring (bicyclic) bond motifs is 3. The normalized spacial score (nSPS) is 18.6. The number of ether oxygens (including phenoxy) is 2. The summed E-state index contributed by atoms with van der Waals surface area (Å²) in [6.07, 6.45) is 4.23. The second kappa shape index (κ2) is 11.3. The summed E-state index contributed by atoms with van der Waals surface area (Å²) >= 11 is 1.55. The van der Waals surface area contributed by atoms with Crippen LogP contribution in [0.3, 0.4) is 0 Å². The van der Waals surface area contributed by atoms with Crippen LogP contribution >= 0.6 is 11.3 Å². The van der Waals surface area contributed by atoms with Crippen LogP contribution in [0.1, 0.15) is 61.1 Å². The minimum atomic E-state index is -0.524. The fourth-order valence-corrected chi connectivity index (χ4v) is 7.14. The third-order valence-corrected chi connectivity index (χ3v) is 9.41. The number of Topliss-reactive ketones (excluding diaryl/α,β-unsaturated/α-hetero) is 1. The van der Waals surface area contributed by atoms with Gasteiger partial charge in [-0.25, -0.2) is 0 Å². The average Bonchev–Trinajstić information content (AvgIpc) is 3.49. The van der Waals surface area contributed by atoms with Gasteiger partial charge in [0.2, 0.25) is 0 Å². The lowest BCUT2D eigenvalue weighted by molar-refractivity contribution is -0.129. The van der Waals surface area contributed by atoms with Gasteiger partial charge in [0.05, 0.1) is 24.5 Å². The highest BCUT2D eigenvalue weighted by Crippen LogP contribution is 2.47. The molecule has 1 aliphatic carbocycles. The molecule has 2 aliphatic heterocycles. The largest absolute Gasteiger partial charge is 0.493 e. The molecule has 3 aliphatic rings. The zero-order valence-electron chi connectivity index (χ0n) is 23.9. The topological polar surface area (TPSA) is 96.6 Å². The van der Waals surface area contributed by atoms with E-state index in [1.54, 1.807) is 23.3 Å². The molecule has 2 aromatic heterocycles. The molecule has 9 heteroatoms. The third kappa shape index (κ3) is 4.83. The Bertz CT molecular complexity index is 1510. The van der Waals surface area contributed by atoms with Crippen molar-refractivity contribution in [1.82, 2.24) is 14.8 Å². The fraction of sp³-hybridized carbons (Fsp3) is 0.469. The van der Waals surface area contributed by atoms with E-state index in [0.29, 0.717) is 48.8 Å². The van der Waals surface area contributed by atoms with Crippen LogP contribution in [0, 0.1) is 17.2 Å². The van der Waals surface area contributed by atoms with E-state index in [0.717, 1.165) is 59.5 Å². The first-order valence-corrected chi connectivity index (χ1v) is 15.4. The molecular formula is C32H36N4O4S. The highest BCUT2D eigenvalue weighted by molar-refractivity contribution is 7.13. The Labute approximate surface area is 244 Å². The number of ketones is 1. The van der Waals surface area contributed by atoms with E-state index in [9.17, 15) is 14.9 Å². The number of rotatable bonds is 7. The van der Waals surface area contributed by atoms with Crippen molar-refractivity contribution in [2.24, 2.45) is 5.92 Å². The molecule has 1 atom stereocenters. The van der Waals surface area contributed by atoms with E-state index in [2.05, 4.69) is 11.4 Å². The zero-order chi connectivity index (χ0) is 28.7. The Morgan fingerprint density at radius 1 is 1.17 bits per heavy atom. The number of aromatic nitrogens is 1. The number of benzene rings is 1. The predicted octanol–water partition coefficient (Wildman–Crippen LogP) is 5.28.